The number of aromatic nitrogens is 1. The van der Waals surface area contributed by atoms with Gasteiger partial charge in [-0.05, 0) is 31.1 Å². The number of pyridine rings is 1. The molecule has 50 heavy (non-hydrogen) atoms. The monoisotopic (exact) mass is 699 g/mol. The van der Waals surface area contributed by atoms with Crippen LogP contribution in [0, 0.1) is 23.2 Å². The van der Waals surface area contributed by atoms with Crippen LogP contribution in [-0.4, -0.2) is 81.3 Å². The molecule has 1 heterocycles. The summed E-state index contributed by atoms with van der Waals surface area (Å²) in [5.74, 6) is -7.69. The fraction of sp³-hybridized carbons (Fsp3) is 0.595. The van der Waals surface area contributed by atoms with E-state index in [4.69, 9.17) is 23.7 Å². The van der Waals surface area contributed by atoms with Crippen LogP contribution in [0.5, 0.6) is 0 Å². The number of rotatable bonds is 8. The van der Waals surface area contributed by atoms with Gasteiger partial charge >= 0.3 is 29.8 Å². The standard InChI is InChI=1S/C37H49NO12/c1-11-20(2)33(43)49-32-28-29(47-24(6)40)22(4)17-27(46-23(5)39)31(48-34(44)26-13-12-16-38-18-26)35(8,9)15-14-21(3)30(42)37(28,50-25(7)41)19-36(32,10)45/h12-16,18,20-21,27-29,31-32,45H,4,11,17,19H2,1-3,5-10H3/b15-14+/t20-,21+,27-,28+,29+,31-,32-,36-,37-/m1/s1. The summed E-state index contributed by atoms with van der Waals surface area (Å²) in [6.07, 6.45) is 0.0224. The number of nitrogens with zero attached hydrogens (tertiary/aromatic N) is 1. The topological polar surface area (TPSA) is 182 Å². The smallest absolute Gasteiger partial charge is 0.340 e. The Morgan fingerprint density at radius 3 is 2.18 bits per heavy atom. The summed E-state index contributed by atoms with van der Waals surface area (Å²) in [6, 6.07) is 3.06. The number of hydrogen-bond donors (Lipinski definition) is 1. The Kier molecular flexibility index (Phi) is 12.5. The van der Waals surface area contributed by atoms with Crippen LogP contribution in [-0.2, 0) is 47.7 Å². The molecule has 9 atom stereocenters. The highest BCUT2D eigenvalue weighted by atomic mass is 16.6. The Balaban J connectivity index is 2.35. The van der Waals surface area contributed by atoms with E-state index in [-0.39, 0.29) is 17.6 Å². The maximum Gasteiger partial charge on any atom is 0.340 e. The Labute approximate surface area is 292 Å². The van der Waals surface area contributed by atoms with Crippen molar-refractivity contribution in [2.45, 2.75) is 117 Å². The van der Waals surface area contributed by atoms with Crippen molar-refractivity contribution in [1.82, 2.24) is 4.98 Å². The first kappa shape index (κ1) is 40.0. The molecule has 2 aliphatic rings. The molecular weight excluding hydrogens is 650 g/mol. The lowest BCUT2D eigenvalue weighted by Crippen LogP contribution is -2.57. The number of carbonyl (C=O) groups is 6. The van der Waals surface area contributed by atoms with Gasteiger partial charge in [-0.15, -0.1) is 0 Å². The lowest BCUT2D eigenvalue weighted by molar-refractivity contribution is -0.188. The number of carbonyl (C=O) groups excluding carboxylic acids is 6. The summed E-state index contributed by atoms with van der Waals surface area (Å²) in [5.41, 5.74) is -5.11. The molecule has 1 saturated carbocycles. The fourth-order valence-corrected chi connectivity index (χ4v) is 6.78. The summed E-state index contributed by atoms with van der Waals surface area (Å²) < 4.78 is 29.4. The van der Waals surface area contributed by atoms with Crippen LogP contribution in [0.4, 0.5) is 0 Å². The van der Waals surface area contributed by atoms with E-state index < -0.39 is 101 Å². The third kappa shape index (κ3) is 8.85. The van der Waals surface area contributed by atoms with Crippen LogP contribution >= 0.6 is 0 Å². The molecule has 0 radical (unpaired) electrons. The van der Waals surface area contributed by atoms with E-state index in [1.807, 2.05) is 0 Å². The maximum absolute atomic E-state index is 14.7. The van der Waals surface area contributed by atoms with Crippen molar-refractivity contribution in [3.63, 3.8) is 0 Å². The van der Waals surface area contributed by atoms with Gasteiger partial charge in [-0.3, -0.25) is 29.0 Å². The number of ether oxygens (including phenoxy) is 5. The van der Waals surface area contributed by atoms with Gasteiger partial charge in [0.25, 0.3) is 0 Å². The van der Waals surface area contributed by atoms with E-state index in [1.165, 1.54) is 38.4 Å². The van der Waals surface area contributed by atoms with Gasteiger partial charge in [-0.1, -0.05) is 53.3 Å². The molecule has 1 N–H and O–H groups in total. The second kappa shape index (κ2) is 15.7. The van der Waals surface area contributed by atoms with E-state index in [1.54, 1.807) is 46.8 Å². The number of hydrogen-bond acceptors (Lipinski definition) is 13. The Morgan fingerprint density at radius 1 is 1.00 bits per heavy atom. The van der Waals surface area contributed by atoms with Gasteiger partial charge < -0.3 is 28.8 Å². The summed E-state index contributed by atoms with van der Waals surface area (Å²) >= 11 is 0. The zero-order valence-electron chi connectivity index (χ0n) is 30.2. The molecule has 2 aliphatic carbocycles. The van der Waals surface area contributed by atoms with E-state index in [2.05, 4.69) is 11.6 Å². The molecular formula is C37H49NO12. The van der Waals surface area contributed by atoms with Crippen molar-refractivity contribution in [2.24, 2.45) is 23.2 Å². The van der Waals surface area contributed by atoms with Gasteiger partial charge in [0.05, 0.1) is 17.4 Å². The molecule has 0 aliphatic heterocycles. The highest BCUT2D eigenvalue weighted by molar-refractivity contribution is 5.94. The van der Waals surface area contributed by atoms with Crippen molar-refractivity contribution >= 4 is 35.6 Å². The summed E-state index contributed by atoms with van der Waals surface area (Å²) in [7, 11) is 0. The molecule has 0 spiro atoms. The summed E-state index contributed by atoms with van der Waals surface area (Å²) in [6.45, 7) is 17.3. The van der Waals surface area contributed by atoms with Crippen LogP contribution < -0.4 is 0 Å². The van der Waals surface area contributed by atoms with Gasteiger partial charge in [-0.2, -0.15) is 0 Å². The van der Waals surface area contributed by atoms with Crippen LogP contribution in [0.15, 0.2) is 48.8 Å². The Bertz CT molecular complexity index is 1520. The minimum Gasteiger partial charge on any atom is -0.458 e. The lowest BCUT2D eigenvalue weighted by atomic mass is 9.72. The van der Waals surface area contributed by atoms with Crippen molar-refractivity contribution in [3.05, 3.63) is 54.4 Å². The van der Waals surface area contributed by atoms with Gasteiger partial charge in [0.15, 0.2) is 11.4 Å². The zero-order valence-corrected chi connectivity index (χ0v) is 30.2. The molecule has 1 aromatic heterocycles. The Morgan fingerprint density at radius 2 is 1.64 bits per heavy atom. The molecule has 0 bridgehead atoms. The Hall–Kier alpha value is -4.39. The third-order valence-corrected chi connectivity index (χ3v) is 9.33. The van der Waals surface area contributed by atoms with Gasteiger partial charge in [0.1, 0.15) is 30.0 Å². The SMILES string of the molecule is C=C1C[C@@H](OC(C)=O)[C@@H](OC(=O)c2cccnc2)C(C)(C)/C=C/[C@H](C)C(=O)[C@@]2(OC(C)=O)C[C@@](C)(O)[C@H](OC(=O)[C@H](C)CC)[C@@H]2[C@H]1OC(C)=O. The van der Waals surface area contributed by atoms with Gasteiger partial charge in [-0.25, -0.2) is 4.79 Å². The highest BCUT2D eigenvalue weighted by Crippen LogP contribution is 2.52. The number of Topliss-reactive ketones (excluding diaryl/α,β-unsaturated/α-hetero) is 1. The number of esters is 5. The third-order valence-electron chi connectivity index (χ3n) is 9.33. The summed E-state index contributed by atoms with van der Waals surface area (Å²) in [5, 5.41) is 11.9. The first-order chi connectivity index (χ1) is 23.2. The fourth-order valence-electron chi connectivity index (χ4n) is 6.78. The average Bonchev–Trinajstić information content (AvgIpc) is 3.24. The predicted molar refractivity (Wildman–Crippen MR) is 178 cm³/mol. The quantitative estimate of drug-likeness (QED) is 0.231. The molecule has 0 aromatic carbocycles. The average molecular weight is 700 g/mol. The first-order valence-corrected chi connectivity index (χ1v) is 16.7. The van der Waals surface area contributed by atoms with E-state index in [9.17, 15) is 33.9 Å². The molecule has 0 amide bonds. The van der Waals surface area contributed by atoms with E-state index in [0.29, 0.717) is 6.42 Å². The molecule has 13 heteroatoms. The second-order valence-corrected chi connectivity index (χ2v) is 14.2. The van der Waals surface area contributed by atoms with Crippen LogP contribution in [0.25, 0.3) is 0 Å². The van der Waals surface area contributed by atoms with Crippen molar-refractivity contribution in [2.75, 3.05) is 0 Å². The molecule has 274 valence electrons. The van der Waals surface area contributed by atoms with E-state index >= 15 is 0 Å². The van der Waals surface area contributed by atoms with Crippen LogP contribution in [0.2, 0.25) is 0 Å². The zero-order chi connectivity index (χ0) is 37.8. The summed E-state index contributed by atoms with van der Waals surface area (Å²) in [4.78, 5) is 83.5. The number of aliphatic hydroxyl groups is 1. The van der Waals surface area contributed by atoms with E-state index in [0.717, 1.165) is 13.8 Å². The normalized spacial score (nSPS) is 32.2. The maximum atomic E-state index is 14.7. The molecule has 13 nitrogen and oxygen atoms in total. The van der Waals surface area contributed by atoms with Gasteiger partial charge in [0.2, 0.25) is 0 Å². The largest absolute Gasteiger partial charge is 0.458 e. The second-order valence-electron chi connectivity index (χ2n) is 14.2. The molecule has 1 aromatic rings. The number of ketones is 1. The number of fused-ring (bicyclic) bond motifs is 1. The minimum absolute atomic E-state index is 0.0403. The molecule has 0 saturated heterocycles. The highest BCUT2D eigenvalue weighted by Gasteiger charge is 2.70. The lowest BCUT2D eigenvalue weighted by Gasteiger charge is -2.42. The predicted octanol–water partition coefficient (Wildman–Crippen LogP) is 4.25. The van der Waals surface area contributed by atoms with Gasteiger partial charge in [0, 0.05) is 57.3 Å². The van der Waals surface area contributed by atoms with Crippen molar-refractivity contribution < 1.29 is 57.6 Å². The molecule has 0 unspecified atom stereocenters. The first-order valence-electron chi connectivity index (χ1n) is 16.7. The number of allylic oxidation sites excluding steroid dienone is 1. The van der Waals surface area contributed by atoms with Crippen molar-refractivity contribution in [1.29, 1.82) is 0 Å². The molecule has 3 rings (SSSR count). The van der Waals surface area contributed by atoms with Crippen molar-refractivity contribution in [3.8, 4) is 0 Å². The molecule has 1 fully saturated rings. The van der Waals surface area contributed by atoms with Crippen LogP contribution in [0.3, 0.4) is 0 Å². The minimum atomic E-state index is -2.19. The van der Waals surface area contributed by atoms with Crippen LogP contribution in [0.1, 0.15) is 91.9 Å².